The number of hydrogen-bond donors (Lipinski definition) is 1. The van der Waals surface area contributed by atoms with Crippen molar-refractivity contribution in [3.8, 4) is 0 Å². The molecule has 0 aromatic carbocycles. The van der Waals surface area contributed by atoms with Crippen LogP contribution in [-0.4, -0.2) is 17.4 Å². The molecule has 1 saturated carbocycles. The molecule has 0 aliphatic heterocycles. The maximum absolute atomic E-state index is 11.8. The minimum absolute atomic E-state index is 0.140. The third-order valence-electron chi connectivity index (χ3n) is 3.37. The van der Waals surface area contributed by atoms with Crippen LogP contribution in [0.15, 0.2) is 12.3 Å². The Morgan fingerprint density at radius 2 is 2.11 bits per heavy atom. The number of nitrogens with one attached hydrogen (secondary N) is 1. The molecule has 2 rings (SSSR count). The average molecular weight is 287 g/mol. The van der Waals surface area contributed by atoms with Gasteiger partial charge >= 0.3 is 0 Å². The summed E-state index contributed by atoms with van der Waals surface area (Å²) in [5.41, 5.74) is 0.454. The van der Waals surface area contributed by atoms with Crippen molar-refractivity contribution < 1.29 is 4.79 Å². The smallest absolute Gasteiger partial charge is 0.252 e. The highest BCUT2D eigenvalue weighted by molar-refractivity contribution is 6.41. The van der Waals surface area contributed by atoms with E-state index in [4.69, 9.17) is 23.2 Å². The third kappa shape index (κ3) is 3.59. The second-order valence-electron chi connectivity index (χ2n) is 4.69. The highest BCUT2D eigenvalue weighted by Gasteiger charge is 2.15. The molecule has 98 valence electrons. The number of halogens is 2. The molecular weight excluding hydrogens is 271 g/mol. The van der Waals surface area contributed by atoms with Crippen molar-refractivity contribution >= 4 is 29.1 Å². The molecule has 5 heteroatoms. The molecular formula is C13H16Cl2N2O. The average Bonchev–Trinajstić information content (AvgIpc) is 2.85. The molecule has 1 N–H and O–H groups in total. The Morgan fingerprint density at radius 3 is 2.78 bits per heavy atom. The number of hydrogen-bond acceptors (Lipinski definition) is 2. The maximum Gasteiger partial charge on any atom is 0.252 e. The van der Waals surface area contributed by atoms with Gasteiger partial charge in [-0.05, 0) is 18.4 Å². The predicted octanol–water partition coefficient (Wildman–Crippen LogP) is 3.70. The van der Waals surface area contributed by atoms with Crippen LogP contribution in [0.5, 0.6) is 0 Å². The Balaban J connectivity index is 1.81. The number of amides is 1. The van der Waals surface area contributed by atoms with E-state index in [1.807, 2.05) is 0 Å². The van der Waals surface area contributed by atoms with E-state index < -0.39 is 0 Å². The van der Waals surface area contributed by atoms with E-state index in [-0.39, 0.29) is 11.1 Å². The number of pyridine rings is 1. The largest absolute Gasteiger partial charge is 0.352 e. The summed E-state index contributed by atoms with van der Waals surface area (Å²) in [6.45, 7) is 0.712. The summed E-state index contributed by atoms with van der Waals surface area (Å²) in [5, 5.41) is 3.42. The van der Waals surface area contributed by atoms with Crippen molar-refractivity contribution in [3.63, 3.8) is 0 Å². The summed E-state index contributed by atoms with van der Waals surface area (Å²) in [7, 11) is 0. The van der Waals surface area contributed by atoms with Crippen molar-refractivity contribution in [3.05, 3.63) is 28.0 Å². The van der Waals surface area contributed by atoms with E-state index >= 15 is 0 Å². The van der Waals surface area contributed by atoms with Gasteiger partial charge in [-0.2, -0.15) is 0 Å². The van der Waals surface area contributed by atoms with Gasteiger partial charge in [-0.15, -0.1) is 0 Å². The van der Waals surface area contributed by atoms with Crippen LogP contribution >= 0.6 is 23.2 Å². The molecule has 1 amide bonds. The molecule has 1 aromatic rings. The van der Waals surface area contributed by atoms with Gasteiger partial charge in [0.15, 0.2) is 0 Å². The number of nitrogens with zero attached hydrogens (tertiary/aromatic N) is 1. The van der Waals surface area contributed by atoms with Crippen molar-refractivity contribution in [2.45, 2.75) is 32.1 Å². The van der Waals surface area contributed by atoms with Gasteiger partial charge < -0.3 is 5.32 Å². The zero-order valence-electron chi connectivity index (χ0n) is 10.1. The first-order chi connectivity index (χ1) is 8.66. The van der Waals surface area contributed by atoms with Crippen LogP contribution in [0.1, 0.15) is 42.5 Å². The van der Waals surface area contributed by atoms with Crippen LogP contribution in [0, 0.1) is 5.92 Å². The molecule has 1 aliphatic carbocycles. The molecule has 0 radical (unpaired) electrons. The fourth-order valence-corrected chi connectivity index (χ4v) is 2.61. The quantitative estimate of drug-likeness (QED) is 0.858. The van der Waals surface area contributed by atoms with E-state index in [0.717, 1.165) is 12.3 Å². The molecule has 0 saturated heterocycles. The van der Waals surface area contributed by atoms with Crippen LogP contribution in [0.3, 0.4) is 0 Å². The Morgan fingerprint density at radius 1 is 1.39 bits per heavy atom. The molecule has 1 aliphatic rings. The van der Waals surface area contributed by atoms with Gasteiger partial charge in [0.05, 0.1) is 10.6 Å². The summed E-state index contributed by atoms with van der Waals surface area (Å²) in [4.78, 5) is 15.7. The van der Waals surface area contributed by atoms with E-state index in [0.29, 0.717) is 17.1 Å². The fourth-order valence-electron chi connectivity index (χ4n) is 2.34. The highest BCUT2D eigenvalue weighted by atomic mass is 35.5. The zero-order valence-corrected chi connectivity index (χ0v) is 11.6. The van der Waals surface area contributed by atoms with Crippen LogP contribution in [0.25, 0.3) is 0 Å². The first-order valence-corrected chi connectivity index (χ1v) is 7.01. The van der Waals surface area contributed by atoms with E-state index in [2.05, 4.69) is 10.3 Å². The van der Waals surface area contributed by atoms with Gasteiger partial charge in [-0.3, -0.25) is 4.79 Å². The Hall–Kier alpha value is -0.800. The minimum atomic E-state index is -0.140. The van der Waals surface area contributed by atoms with E-state index in [1.54, 1.807) is 6.07 Å². The van der Waals surface area contributed by atoms with E-state index in [1.165, 1.54) is 31.9 Å². The summed E-state index contributed by atoms with van der Waals surface area (Å²) in [6.07, 6.45) is 7.75. The lowest BCUT2D eigenvalue weighted by Gasteiger charge is -2.10. The molecule has 3 nitrogen and oxygen atoms in total. The zero-order chi connectivity index (χ0) is 13.0. The number of rotatable bonds is 4. The Labute approximate surface area is 117 Å². The molecule has 0 bridgehead atoms. The Bertz CT molecular complexity index is 431. The standard InChI is InChI=1S/C13H16Cl2N2O/c14-11-7-10(8-17-12(11)15)13(18)16-6-5-9-3-1-2-4-9/h7-9H,1-6H2,(H,16,18). The summed E-state index contributed by atoms with van der Waals surface area (Å²) in [5.74, 6) is 0.635. The van der Waals surface area contributed by atoms with Crippen molar-refractivity contribution in [2.75, 3.05) is 6.54 Å². The molecule has 0 spiro atoms. The number of aromatic nitrogens is 1. The van der Waals surface area contributed by atoms with Crippen molar-refractivity contribution in [1.29, 1.82) is 0 Å². The number of carbonyl (C=O) groups excluding carboxylic acids is 1. The molecule has 1 fully saturated rings. The molecule has 1 heterocycles. The van der Waals surface area contributed by atoms with E-state index in [9.17, 15) is 4.79 Å². The van der Waals surface area contributed by atoms with Gasteiger partial charge in [0.25, 0.3) is 5.91 Å². The van der Waals surface area contributed by atoms with Crippen molar-refractivity contribution in [2.24, 2.45) is 5.92 Å². The monoisotopic (exact) mass is 286 g/mol. The first kappa shape index (κ1) is 13.6. The summed E-state index contributed by atoms with van der Waals surface area (Å²) >= 11 is 11.5. The van der Waals surface area contributed by atoms with Crippen LogP contribution in [0.4, 0.5) is 0 Å². The second-order valence-corrected chi connectivity index (χ2v) is 5.46. The third-order valence-corrected chi connectivity index (χ3v) is 4.06. The lowest BCUT2D eigenvalue weighted by Crippen LogP contribution is -2.25. The van der Waals surface area contributed by atoms with Gasteiger partial charge in [0, 0.05) is 12.7 Å². The topological polar surface area (TPSA) is 42.0 Å². The maximum atomic E-state index is 11.8. The predicted molar refractivity (Wildman–Crippen MR) is 73.2 cm³/mol. The normalized spacial score (nSPS) is 15.9. The minimum Gasteiger partial charge on any atom is -0.352 e. The molecule has 0 atom stereocenters. The second kappa shape index (κ2) is 6.39. The molecule has 18 heavy (non-hydrogen) atoms. The molecule has 1 aromatic heterocycles. The van der Waals surface area contributed by atoms with Crippen molar-refractivity contribution in [1.82, 2.24) is 10.3 Å². The highest BCUT2D eigenvalue weighted by Crippen LogP contribution is 2.27. The summed E-state index contributed by atoms with van der Waals surface area (Å²) < 4.78 is 0. The molecule has 0 unspecified atom stereocenters. The van der Waals surface area contributed by atoms with Gasteiger partial charge in [-0.25, -0.2) is 4.98 Å². The van der Waals surface area contributed by atoms with Crippen LogP contribution in [0.2, 0.25) is 10.2 Å². The first-order valence-electron chi connectivity index (χ1n) is 6.26. The summed E-state index contributed by atoms with van der Waals surface area (Å²) in [6, 6.07) is 1.54. The van der Waals surface area contributed by atoms with Gasteiger partial charge in [0.1, 0.15) is 5.15 Å². The lowest BCUT2D eigenvalue weighted by molar-refractivity contribution is 0.0951. The van der Waals surface area contributed by atoms with Crippen LogP contribution in [-0.2, 0) is 0 Å². The lowest BCUT2D eigenvalue weighted by atomic mass is 10.0. The van der Waals surface area contributed by atoms with Crippen LogP contribution < -0.4 is 5.32 Å². The van der Waals surface area contributed by atoms with Gasteiger partial charge in [0.2, 0.25) is 0 Å². The SMILES string of the molecule is O=C(NCCC1CCCC1)c1cnc(Cl)c(Cl)c1. The Kier molecular flexibility index (Phi) is 4.84. The number of carbonyl (C=O) groups is 1. The fraction of sp³-hybridized carbons (Fsp3) is 0.538. The van der Waals surface area contributed by atoms with Gasteiger partial charge in [-0.1, -0.05) is 48.9 Å².